The van der Waals surface area contributed by atoms with E-state index in [9.17, 15) is 47.9 Å². The van der Waals surface area contributed by atoms with Crippen LogP contribution < -0.4 is 71.2 Å². The van der Waals surface area contributed by atoms with Crippen LogP contribution in [0.4, 0.5) is 0 Å². The number of guanidine groups is 2. The summed E-state index contributed by atoms with van der Waals surface area (Å²) >= 11 is 0. The second kappa shape index (κ2) is 30.1. The number of amides is 10. The van der Waals surface area contributed by atoms with E-state index in [1.807, 2.05) is 24.3 Å². The molecule has 2 aliphatic heterocycles. The van der Waals surface area contributed by atoms with E-state index >= 15 is 0 Å². The number of nitrogens with one attached hydrogen (secondary N) is 10. The molecule has 0 radical (unpaired) electrons. The first-order chi connectivity index (χ1) is 39.3. The van der Waals surface area contributed by atoms with Gasteiger partial charge in [-0.3, -0.25) is 57.9 Å². The lowest BCUT2D eigenvalue weighted by molar-refractivity contribution is -0.146. The van der Waals surface area contributed by atoms with E-state index < -0.39 is 114 Å². The van der Waals surface area contributed by atoms with Crippen molar-refractivity contribution in [2.45, 2.75) is 126 Å². The average molecular weight is 1140 g/mol. The molecule has 2 aliphatic rings. The largest absolute Gasteiger partial charge is 0.370 e. The lowest BCUT2D eigenvalue weighted by atomic mass is 10.0. The number of aromatic amines is 2. The van der Waals surface area contributed by atoms with E-state index in [1.165, 1.54) is 24.3 Å². The number of primary amides is 1. The zero-order valence-corrected chi connectivity index (χ0v) is 45.4. The maximum atomic E-state index is 14.8. The number of piperazine rings is 1. The highest BCUT2D eigenvalue weighted by Crippen LogP contribution is 2.20. The van der Waals surface area contributed by atoms with Gasteiger partial charge in [0.05, 0.1) is 19.3 Å². The van der Waals surface area contributed by atoms with Crippen LogP contribution in [0.2, 0.25) is 0 Å². The predicted molar refractivity (Wildman–Crippen MR) is 300 cm³/mol. The summed E-state index contributed by atoms with van der Waals surface area (Å²) in [6.07, 6.45) is 4.20. The molecule has 82 heavy (non-hydrogen) atoms. The maximum absolute atomic E-state index is 14.8. The standard InChI is InChI=1S/C53H73N19O10/c1-29(73)72-27-41(71-51(82)42(72)17-10-20-62-53(57)58)50(81)70-40-24-43(74)60-18-8-7-15-35(44(54)75)65-47(78)38(22-31-25-63-34-14-6-5-13-33(31)34)68-45(76)36(16-9-19-61-52(55)56)66-46(77)37(21-30-11-3-2-4-12-30)67-48(79)39(69-49(40)80)23-32-26-59-28-64-32/h2-6,11-14,25-26,28,35-42,63H,7-10,15-24,27H2,1H3,(H2,54,75)(H,59,64)(H,60,74)(H,65,78)(H,66,77)(H,67,79)(H,68,76)(H,69,80)(H,70,81)(H,71,82)(H4,55,56,61)(H4,57,58,62)/t35-,36-,37+,38-,39-,40-,41+,42-/m0/s1. The first kappa shape index (κ1) is 61.6. The van der Waals surface area contributed by atoms with Crippen molar-refractivity contribution in [3.8, 4) is 0 Å². The number of rotatable bonds is 17. The molecule has 4 aromatic rings. The van der Waals surface area contributed by atoms with Crippen LogP contribution in [-0.2, 0) is 67.2 Å². The number of carbonyl (C=O) groups is 10. The first-order valence-electron chi connectivity index (χ1n) is 26.9. The maximum Gasteiger partial charge on any atom is 0.245 e. The monoisotopic (exact) mass is 1140 g/mol. The number of fused-ring (bicyclic) bond motifs is 1. The Bertz CT molecular complexity index is 2960. The smallest absolute Gasteiger partial charge is 0.245 e. The van der Waals surface area contributed by atoms with E-state index in [0.717, 1.165) is 10.9 Å². The molecular weight excluding hydrogens is 1060 g/mol. The van der Waals surface area contributed by atoms with Crippen LogP contribution in [0.3, 0.4) is 0 Å². The number of para-hydroxylation sites is 1. The van der Waals surface area contributed by atoms with Crippen LogP contribution >= 0.6 is 0 Å². The molecule has 20 N–H and O–H groups in total. The Hall–Kier alpha value is -9.57. The van der Waals surface area contributed by atoms with Gasteiger partial charge in [0.2, 0.25) is 59.1 Å². The molecule has 6 rings (SSSR count). The summed E-state index contributed by atoms with van der Waals surface area (Å²) in [5.74, 6) is -8.53. The fraction of sp³-hybridized carbons (Fsp3) is 0.453. The number of benzene rings is 2. The predicted octanol–water partition coefficient (Wildman–Crippen LogP) is -4.17. The molecule has 29 nitrogen and oxygen atoms in total. The Morgan fingerprint density at radius 1 is 0.659 bits per heavy atom. The molecule has 0 unspecified atom stereocenters. The summed E-state index contributed by atoms with van der Waals surface area (Å²) < 4.78 is 0. The summed E-state index contributed by atoms with van der Waals surface area (Å²) in [5.41, 5.74) is 30.2. The summed E-state index contributed by atoms with van der Waals surface area (Å²) in [4.78, 5) is 160. The van der Waals surface area contributed by atoms with Crippen molar-refractivity contribution in [3.63, 3.8) is 0 Å². The van der Waals surface area contributed by atoms with E-state index in [2.05, 4.69) is 67.5 Å². The van der Waals surface area contributed by atoms with Gasteiger partial charge < -0.3 is 86.1 Å². The van der Waals surface area contributed by atoms with Gasteiger partial charge in [0.1, 0.15) is 48.3 Å². The van der Waals surface area contributed by atoms with Crippen molar-refractivity contribution in [2.75, 3.05) is 26.2 Å². The van der Waals surface area contributed by atoms with Crippen molar-refractivity contribution in [2.24, 2.45) is 38.7 Å². The lowest BCUT2D eigenvalue weighted by Gasteiger charge is -2.38. The summed E-state index contributed by atoms with van der Waals surface area (Å²) in [7, 11) is 0. The SMILES string of the molecule is CC(=O)N1C[C@H](C(=O)N[C@H]2CC(=O)NCCCC[C@@H](C(N)=O)NC(=O)[C@H](Cc3c[nH]c4ccccc34)NC(=O)[C@H](CCCN=C(N)N)NC(=O)[C@@H](Cc3ccccc3)NC(=O)[C@H](Cc3cnc[nH]3)NC2=O)NC(=O)[C@@H]1CCCN=C(N)N. The minimum Gasteiger partial charge on any atom is -0.370 e. The van der Waals surface area contributed by atoms with Crippen molar-refractivity contribution in [3.05, 3.63) is 90.1 Å². The van der Waals surface area contributed by atoms with Gasteiger partial charge in [-0.15, -0.1) is 0 Å². The fourth-order valence-corrected chi connectivity index (χ4v) is 9.53. The van der Waals surface area contributed by atoms with E-state index in [0.29, 0.717) is 23.2 Å². The zero-order valence-electron chi connectivity index (χ0n) is 45.4. The quantitative estimate of drug-likeness (QED) is 0.0271. The Balaban J connectivity index is 1.34. The summed E-state index contributed by atoms with van der Waals surface area (Å²) in [6.45, 7) is 1.11. The molecule has 0 spiro atoms. The molecule has 2 aromatic heterocycles. The number of hydrogen-bond acceptors (Lipinski definition) is 13. The second-order valence-corrected chi connectivity index (χ2v) is 20.0. The molecule has 29 heteroatoms. The van der Waals surface area contributed by atoms with Crippen molar-refractivity contribution >= 4 is 81.9 Å². The topological polar surface area (TPSA) is 469 Å². The van der Waals surface area contributed by atoms with Crippen molar-refractivity contribution in [1.82, 2.24) is 62.4 Å². The normalized spacial score (nSPS) is 22.8. The van der Waals surface area contributed by atoms with E-state index in [4.69, 9.17) is 28.7 Å². The molecule has 0 aliphatic carbocycles. The third-order valence-corrected chi connectivity index (χ3v) is 13.8. The molecule has 0 saturated carbocycles. The van der Waals surface area contributed by atoms with Crippen molar-refractivity contribution < 1.29 is 47.9 Å². The van der Waals surface area contributed by atoms with Gasteiger partial charge in [0.15, 0.2) is 11.9 Å². The molecule has 8 atom stereocenters. The number of nitrogens with two attached hydrogens (primary N) is 5. The van der Waals surface area contributed by atoms with Crippen molar-refractivity contribution in [1.29, 1.82) is 0 Å². The number of nitrogens with zero attached hydrogens (tertiary/aromatic N) is 4. The molecule has 0 bridgehead atoms. The second-order valence-electron chi connectivity index (χ2n) is 20.0. The van der Waals surface area contributed by atoms with Gasteiger partial charge in [0, 0.05) is 74.8 Å². The number of H-pyrrole nitrogens is 2. The van der Waals surface area contributed by atoms with Crippen LogP contribution in [-0.4, -0.2) is 165 Å². The molecule has 440 valence electrons. The highest BCUT2D eigenvalue weighted by Gasteiger charge is 2.41. The van der Waals surface area contributed by atoms with E-state index in [1.54, 1.807) is 36.5 Å². The van der Waals surface area contributed by atoms with Gasteiger partial charge in [0.25, 0.3) is 0 Å². The number of aromatic nitrogens is 3. The Morgan fingerprint density at radius 2 is 1.26 bits per heavy atom. The number of hydrogen-bond donors (Lipinski definition) is 15. The fourth-order valence-electron chi connectivity index (χ4n) is 9.53. The molecule has 2 aromatic carbocycles. The summed E-state index contributed by atoms with van der Waals surface area (Å²) in [6, 6.07) is 4.80. The zero-order chi connectivity index (χ0) is 59.3. The first-order valence-corrected chi connectivity index (χ1v) is 26.9. The Morgan fingerprint density at radius 3 is 1.91 bits per heavy atom. The highest BCUT2D eigenvalue weighted by atomic mass is 16.2. The molecule has 2 fully saturated rings. The molecular formula is C53H73N19O10. The molecule has 4 heterocycles. The Kier molecular flexibility index (Phi) is 22.7. The number of imidazole rings is 1. The van der Waals surface area contributed by atoms with Gasteiger partial charge in [-0.2, -0.15) is 0 Å². The van der Waals surface area contributed by atoms with Crippen LogP contribution in [0.1, 0.15) is 75.1 Å². The Labute approximate surface area is 471 Å². The number of aliphatic imine (C=N–C) groups is 2. The minimum atomic E-state index is -1.72. The lowest BCUT2D eigenvalue weighted by Crippen LogP contribution is -2.66. The van der Waals surface area contributed by atoms with Gasteiger partial charge in [-0.1, -0.05) is 48.5 Å². The summed E-state index contributed by atoms with van der Waals surface area (Å²) in [5, 5.41) is 22.2. The molecule has 2 saturated heterocycles. The van der Waals surface area contributed by atoms with Crippen LogP contribution in [0.15, 0.2) is 83.3 Å². The van der Waals surface area contributed by atoms with Crippen LogP contribution in [0, 0.1) is 0 Å². The highest BCUT2D eigenvalue weighted by molar-refractivity contribution is 6.00. The van der Waals surface area contributed by atoms with Gasteiger partial charge >= 0.3 is 0 Å². The van der Waals surface area contributed by atoms with E-state index in [-0.39, 0.29) is 95.9 Å². The number of carbonyl (C=O) groups excluding carboxylic acids is 10. The van der Waals surface area contributed by atoms with Gasteiger partial charge in [-0.25, -0.2) is 4.98 Å². The third-order valence-electron chi connectivity index (χ3n) is 13.8. The third kappa shape index (κ3) is 18.5. The van der Waals surface area contributed by atoms with Crippen LogP contribution in [0.5, 0.6) is 0 Å². The average Bonchev–Trinajstić information content (AvgIpc) is 4.25. The molecule has 10 amide bonds. The van der Waals surface area contributed by atoms with Gasteiger partial charge in [-0.05, 0) is 62.1 Å². The van der Waals surface area contributed by atoms with Crippen LogP contribution in [0.25, 0.3) is 10.9 Å². The minimum absolute atomic E-state index is 0.00166.